The lowest BCUT2D eigenvalue weighted by molar-refractivity contribution is 0.102. The van der Waals surface area contributed by atoms with Crippen LogP contribution in [-0.4, -0.2) is 17.2 Å². The van der Waals surface area contributed by atoms with Crippen molar-refractivity contribution >= 4 is 62.6 Å². The molecule has 1 amide bonds. The molecule has 27 heavy (non-hydrogen) atoms. The second kappa shape index (κ2) is 8.57. The summed E-state index contributed by atoms with van der Waals surface area (Å²) < 4.78 is 0.496. The van der Waals surface area contributed by atoms with Gasteiger partial charge in [-0.05, 0) is 70.5 Å². The summed E-state index contributed by atoms with van der Waals surface area (Å²) >= 11 is 15.1. The second-order valence-corrected chi connectivity index (χ2v) is 7.32. The molecule has 3 aromatic carbocycles. The van der Waals surface area contributed by atoms with Crippen molar-refractivity contribution in [2.45, 2.75) is 0 Å². The lowest BCUT2D eigenvalue weighted by Gasteiger charge is -2.06. The summed E-state index contributed by atoms with van der Waals surface area (Å²) in [4.78, 5) is 16.5. The van der Waals surface area contributed by atoms with Gasteiger partial charge in [-0.1, -0.05) is 29.3 Å². The van der Waals surface area contributed by atoms with Gasteiger partial charge in [0.05, 0.1) is 10.2 Å². The van der Waals surface area contributed by atoms with Gasteiger partial charge in [0.2, 0.25) is 0 Å². The van der Waals surface area contributed by atoms with Crippen LogP contribution in [0.2, 0.25) is 10.0 Å². The molecule has 0 saturated carbocycles. The van der Waals surface area contributed by atoms with Crippen molar-refractivity contribution in [1.29, 1.82) is 0 Å². The van der Waals surface area contributed by atoms with Crippen LogP contribution in [0.25, 0.3) is 0 Å². The molecule has 0 atom stereocenters. The van der Waals surface area contributed by atoms with Gasteiger partial charge in [-0.3, -0.25) is 9.79 Å². The number of hydrogen-bond donors (Lipinski definition) is 2. The fourth-order valence-corrected chi connectivity index (χ4v) is 3.32. The number of rotatable bonds is 4. The van der Waals surface area contributed by atoms with E-state index in [1.807, 2.05) is 0 Å². The highest BCUT2D eigenvalue weighted by Gasteiger charge is 2.07. The van der Waals surface area contributed by atoms with E-state index in [9.17, 15) is 9.90 Å². The lowest BCUT2D eigenvalue weighted by Crippen LogP contribution is -2.11. The van der Waals surface area contributed by atoms with Crippen LogP contribution in [0.3, 0.4) is 0 Å². The number of aliphatic imine (C=N–C) groups is 1. The van der Waals surface area contributed by atoms with Gasteiger partial charge in [-0.15, -0.1) is 0 Å². The highest BCUT2D eigenvalue weighted by atomic mass is 79.9. The summed E-state index contributed by atoms with van der Waals surface area (Å²) in [6, 6.07) is 16.9. The summed E-state index contributed by atoms with van der Waals surface area (Å²) in [7, 11) is 0. The molecule has 0 aliphatic rings. The molecule has 4 nitrogen and oxygen atoms in total. The number of carbonyl (C=O) groups excluding carboxylic acids is 1. The minimum atomic E-state index is -0.248. The molecule has 7 heteroatoms. The first kappa shape index (κ1) is 19.4. The SMILES string of the molecule is O=C(Nc1ccc(N=Cc2cc(Cl)cc(Br)c2O)cc1)c1cccc(Cl)c1. The number of nitrogens with one attached hydrogen (secondary N) is 1. The maximum Gasteiger partial charge on any atom is 0.255 e. The number of benzene rings is 3. The van der Waals surface area contributed by atoms with E-state index in [1.54, 1.807) is 60.7 Å². The van der Waals surface area contributed by atoms with E-state index in [-0.39, 0.29) is 11.7 Å². The van der Waals surface area contributed by atoms with E-state index < -0.39 is 0 Å². The lowest BCUT2D eigenvalue weighted by atomic mass is 10.2. The topological polar surface area (TPSA) is 61.7 Å². The first-order valence-electron chi connectivity index (χ1n) is 7.81. The van der Waals surface area contributed by atoms with Crippen molar-refractivity contribution < 1.29 is 9.90 Å². The number of carbonyl (C=O) groups is 1. The van der Waals surface area contributed by atoms with E-state index in [1.165, 1.54) is 6.21 Å². The number of phenolic OH excluding ortho intramolecular Hbond substituents is 1. The van der Waals surface area contributed by atoms with Crippen LogP contribution in [0.15, 0.2) is 70.1 Å². The van der Waals surface area contributed by atoms with Crippen molar-refractivity contribution in [3.8, 4) is 5.75 Å². The molecule has 0 bridgehead atoms. The molecule has 0 aromatic heterocycles. The van der Waals surface area contributed by atoms with Crippen LogP contribution in [0.1, 0.15) is 15.9 Å². The van der Waals surface area contributed by atoms with E-state index in [4.69, 9.17) is 23.2 Å². The zero-order chi connectivity index (χ0) is 19.4. The minimum Gasteiger partial charge on any atom is -0.506 e. The molecule has 0 saturated heterocycles. The Morgan fingerprint density at radius 2 is 1.78 bits per heavy atom. The van der Waals surface area contributed by atoms with Gasteiger partial charge >= 0.3 is 0 Å². The molecule has 0 aliphatic carbocycles. The van der Waals surface area contributed by atoms with E-state index in [0.29, 0.717) is 37.0 Å². The van der Waals surface area contributed by atoms with Crippen LogP contribution >= 0.6 is 39.1 Å². The fourth-order valence-electron chi connectivity index (χ4n) is 2.29. The maximum atomic E-state index is 12.2. The molecule has 0 radical (unpaired) electrons. The number of halogens is 3. The fraction of sp³-hybridized carbons (Fsp3) is 0. The number of hydrogen-bond acceptors (Lipinski definition) is 3. The third-order valence-electron chi connectivity index (χ3n) is 3.62. The zero-order valence-electron chi connectivity index (χ0n) is 13.8. The van der Waals surface area contributed by atoms with Crippen LogP contribution in [0.4, 0.5) is 11.4 Å². The molecule has 0 aliphatic heterocycles. The standard InChI is InChI=1S/C20H13BrCl2N2O2/c21-18-10-15(23)9-13(19(18)26)11-24-16-4-6-17(7-5-16)25-20(27)12-2-1-3-14(22)8-12/h1-11,26H,(H,25,27). The molecular formula is C20H13BrCl2N2O2. The quantitative estimate of drug-likeness (QED) is 0.436. The number of amides is 1. The van der Waals surface area contributed by atoms with Crippen molar-refractivity contribution in [2.75, 3.05) is 5.32 Å². The van der Waals surface area contributed by atoms with Gasteiger partial charge < -0.3 is 10.4 Å². The summed E-state index contributed by atoms with van der Waals surface area (Å²) in [6.07, 6.45) is 1.52. The molecule has 136 valence electrons. The maximum absolute atomic E-state index is 12.2. The van der Waals surface area contributed by atoms with Gasteiger partial charge in [-0.2, -0.15) is 0 Å². The number of phenols is 1. The molecule has 0 fully saturated rings. The van der Waals surface area contributed by atoms with Gasteiger partial charge in [0, 0.05) is 33.1 Å². The van der Waals surface area contributed by atoms with Crippen molar-refractivity contribution in [3.63, 3.8) is 0 Å². The van der Waals surface area contributed by atoms with Gasteiger partial charge in [-0.25, -0.2) is 0 Å². The summed E-state index contributed by atoms with van der Waals surface area (Å²) in [6.45, 7) is 0. The summed E-state index contributed by atoms with van der Waals surface area (Å²) in [5.41, 5.74) is 2.26. The number of anilines is 1. The van der Waals surface area contributed by atoms with Crippen molar-refractivity contribution in [1.82, 2.24) is 0 Å². The Hall–Kier alpha value is -2.34. The predicted octanol–water partition coefficient (Wildman–Crippen LogP) is 6.46. The van der Waals surface area contributed by atoms with Crippen LogP contribution in [-0.2, 0) is 0 Å². The summed E-state index contributed by atoms with van der Waals surface area (Å²) in [5, 5.41) is 13.8. The van der Waals surface area contributed by atoms with Crippen LogP contribution in [0.5, 0.6) is 5.75 Å². The Morgan fingerprint density at radius 3 is 2.48 bits per heavy atom. The van der Waals surface area contributed by atoms with E-state index in [0.717, 1.165) is 0 Å². The van der Waals surface area contributed by atoms with Gasteiger partial charge in [0.25, 0.3) is 5.91 Å². The first-order chi connectivity index (χ1) is 12.9. The first-order valence-corrected chi connectivity index (χ1v) is 9.36. The van der Waals surface area contributed by atoms with Crippen molar-refractivity contribution in [3.05, 3.63) is 86.3 Å². The largest absolute Gasteiger partial charge is 0.506 e. The normalized spacial score (nSPS) is 10.9. The van der Waals surface area contributed by atoms with Gasteiger partial charge in [0.15, 0.2) is 0 Å². The predicted molar refractivity (Wildman–Crippen MR) is 114 cm³/mol. The number of aromatic hydroxyl groups is 1. The second-order valence-electron chi connectivity index (χ2n) is 5.59. The Kier molecular flexibility index (Phi) is 6.16. The van der Waals surface area contributed by atoms with Crippen LogP contribution < -0.4 is 5.32 Å². The Morgan fingerprint density at radius 1 is 1.04 bits per heavy atom. The van der Waals surface area contributed by atoms with Crippen molar-refractivity contribution in [2.24, 2.45) is 4.99 Å². The van der Waals surface area contributed by atoms with E-state index >= 15 is 0 Å². The average molecular weight is 464 g/mol. The molecule has 3 aromatic rings. The molecule has 0 heterocycles. The molecule has 0 spiro atoms. The minimum absolute atomic E-state index is 0.0635. The summed E-state index contributed by atoms with van der Waals surface area (Å²) in [5.74, 6) is -0.184. The third-order valence-corrected chi connectivity index (χ3v) is 4.68. The molecule has 0 unspecified atom stereocenters. The third kappa shape index (κ3) is 5.10. The van der Waals surface area contributed by atoms with Crippen LogP contribution in [0, 0.1) is 0 Å². The smallest absolute Gasteiger partial charge is 0.255 e. The Bertz CT molecular complexity index is 1020. The number of nitrogens with zero attached hydrogens (tertiary/aromatic N) is 1. The average Bonchev–Trinajstić information content (AvgIpc) is 2.64. The molecule has 2 N–H and O–H groups in total. The highest BCUT2D eigenvalue weighted by molar-refractivity contribution is 9.10. The Balaban J connectivity index is 1.71. The van der Waals surface area contributed by atoms with E-state index in [2.05, 4.69) is 26.2 Å². The Labute approximate surface area is 174 Å². The monoisotopic (exact) mass is 462 g/mol. The molecule has 3 rings (SSSR count). The molecular weight excluding hydrogens is 451 g/mol. The highest BCUT2D eigenvalue weighted by Crippen LogP contribution is 2.31. The van der Waals surface area contributed by atoms with Gasteiger partial charge in [0.1, 0.15) is 5.75 Å². The zero-order valence-corrected chi connectivity index (χ0v) is 16.9.